The summed E-state index contributed by atoms with van der Waals surface area (Å²) < 4.78 is 11.1. The lowest BCUT2D eigenvalue weighted by molar-refractivity contribution is -0.00834. The molecule has 0 bridgehead atoms. The molecule has 0 aromatic rings. The molecule has 22 heavy (non-hydrogen) atoms. The van der Waals surface area contributed by atoms with Gasteiger partial charge in [0.2, 0.25) is 0 Å². The molecule has 0 aromatic carbocycles. The number of hydrogen-bond donors (Lipinski definition) is 2. The fraction of sp³-hybridized carbons (Fsp3) is 0.938. The van der Waals surface area contributed by atoms with Crippen LogP contribution in [0, 0.1) is 5.92 Å². The van der Waals surface area contributed by atoms with Crippen LogP contribution in [0.25, 0.3) is 0 Å². The normalized spacial score (nSPS) is 21.0. The molecular weight excluding hydrogens is 280 g/mol. The Morgan fingerprint density at radius 1 is 1.27 bits per heavy atom. The number of nitrogens with one attached hydrogen (secondary N) is 2. The van der Waals surface area contributed by atoms with Crippen LogP contribution in [0.2, 0.25) is 0 Å². The van der Waals surface area contributed by atoms with Crippen LogP contribution in [0.3, 0.4) is 0 Å². The first-order valence-corrected chi connectivity index (χ1v) is 8.47. The largest absolute Gasteiger partial charge is 0.379 e. The zero-order valence-corrected chi connectivity index (χ0v) is 14.4. The lowest BCUT2D eigenvalue weighted by Gasteiger charge is -2.41. The van der Waals surface area contributed by atoms with Gasteiger partial charge in [-0.1, -0.05) is 0 Å². The van der Waals surface area contributed by atoms with Gasteiger partial charge in [-0.15, -0.1) is 0 Å². The highest BCUT2D eigenvalue weighted by Gasteiger charge is 2.28. The van der Waals surface area contributed by atoms with Gasteiger partial charge in [0.05, 0.1) is 19.8 Å². The van der Waals surface area contributed by atoms with Crippen LogP contribution >= 0.6 is 0 Å². The molecule has 0 aromatic heterocycles. The molecule has 2 N–H and O–H groups in total. The molecule has 0 radical (unpaired) electrons. The third-order valence-corrected chi connectivity index (χ3v) is 4.37. The van der Waals surface area contributed by atoms with E-state index in [-0.39, 0.29) is 5.54 Å². The monoisotopic (exact) mass is 312 g/mol. The predicted octanol–water partition coefficient (Wildman–Crippen LogP) is 0.689. The highest BCUT2D eigenvalue weighted by Crippen LogP contribution is 2.28. The van der Waals surface area contributed by atoms with E-state index < -0.39 is 0 Å². The Morgan fingerprint density at radius 3 is 2.64 bits per heavy atom. The average molecular weight is 312 g/mol. The standard InChI is InChI=1S/C16H32N4O2/c1-16(2,20-7-10-21-11-8-20)13-19-15(17-3)18-6-9-22-12-14-4-5-14/h14H,4-13H2,1-3H3,(H2,17,18,19). The van der Waals surface area contributed by atoms with Crippen LogP contribution in [-0.4, -0.2) is 76.1 Å². The number of morpholine rings is 1. The van der Waals surface area contributed by atoms with Crippen LogP contribution in [0.1, 0.15) is 26.7 Å². The zero-order chi connectivity index (χ0) is 15.8. The van der Waals surface area contributed by atoms with E-state index in [0.29, 0.717) is 0 Å². The van der Waals surface area contributed by atoms with E-state index in [4.69, 9.17) is 9.47 Å². The molecule has 1 heterocycles. The molecule has 1 aliphatic heterocycles. The highest BCUT2D eigenvalue weighted by molar-refractivity contribution is 5.79. The Hall–Kier alpha value is -0.850. The lowest BCUT2D eigenvalue weighted by Crippen LogP contribution is -2.56. The van der Waals surface area contributed by atoms with Crippen molar-refractivity contribution in [2.75, 3.05) is 59.7 Å². The molecule has 2 aliphatic rings. The van der Waals surface area contributed by atoms with Gasteiger partial charge in [-0.25, -0.2) is 0 Å². The minimum Gasteiger partial charge on any atom is -0.379 e. The van der Waals surface area contributed by atoms with E-state index in [1.807, 2.05) is 7.05 Å². The summed E-state index contributed by atoms with van der Waals surface area (Å²) in [4.78, 5) is 6.74. The second-order valence-electron chi connectivity index (χ2n) is 6.78. The molecule has 1 saturated heterocycles. The molecule has 0 spiro atoms. The summed E-state index contributed by atoms with van der Waals surface area (Å²) in [6.45, 7) is 11.5. The van der Waals surface area contributed by atoms with Crippen LogP contribution in [-0.2, 0) is 9.47 Å². The maximum absolute atomic E-state index is 5.63. The second kappa shape index (κ2) is 8.70. The quantitative estimate of drug-likeness (QED) is 0.392. The van der Waals surface area contributed by atoms with Crippen LogP contribution in [0.5, 0.6) is 0 Å². The first-order valence-electron chi connectivity index (χ1n) is 8.47. The minimum absolute atomic E-state index is 0.0872. The summed E-state index contributed by atoms with van der Waals surface area (Å²) in [5.41, 5.74) is 0.0872. The number of ether oxygens (including phenoxy) is 2. The van der Waals surface area contributed by atoms with Crippen molar-refractivity contribution in [3.8, 4) is 0 Å². The van der Waals surface area contributed by atoms with Gasteiger partial charge < -0.3 is 20.1 Å². The van der Waals surface area contributed by atoms with Gasteiger partial charge in [-0.3, -0.25) is 9.89 Å². The van der Waals surface area contributed by atoms with Crippen LogP contribution in [0.15, 0.2) is 4.99 Å². The summed E-state index contributed by atoms with van der Waals surface area (Å²) in [6, 6.07) is 0. The summed E-state index contributed by atoms with van der Waals surface area (Å²) in [5, 5.41) is 6.73. The van der Waals surface area contributed by atoms with Crippen molar-refractivity contribution in [1.82, 2.24) is 15.5 Å². The van der Waals surface area contributed by atoms with Crippen molar-refractivity contribution in [2.24, 2.45) is 10.9 Å². The van der Waals surface area contributed by atoms with E-state index in [1.165, 1.54) is 12.8 Å². The molecule has 6 nitrogen and oxygen atoms in total. The van der Waals surface area contributed by atoms with E-state index in [2.05, 4.69) is 34.4 Å². The van der Waals surface area contributed by atoms with Crippen molar-refractivity contribution < 1.29 is 9.47 Å². The third-order valence-electron chi connectivity index (χ3n) is 4.37. The van der Waals surface area contributed by atoms with E-state index in [1.54, 1.807) is 0 Å². The maximum Gasteiger partial charge on any atom is 0.191 e. The smallest absolute Gasteiger partial charge is 0.191 e. The Morgan fingerprint density at radius 2 is 2.00 bits per heavy atom. The number of hydrogen-bond acceptors (Lipinski definition) is 4. The molecule has 1 saturated carbocycles. The summed E-state index contributed by atoms with van der Waals surface area (Å²) in [6.07, 6.45) is 2.68. The Labute approximate surface area is 134 Å². The minimum atomic E-state index is 0.0872. The number of rotatable bonds is 8. The summed E-state index contributed by atoms with van der Waals surface area (Å²) in [5.74, 6) is 1.67. The number of aliphatic imine (C=N–C) groups is 1. The molecule has 128 valence electrons. The van der Waals surface area contributed by atoms with E-state index in [9.17, 15) is 0 Å². The maximum atomic E-state index is 5.63. The van der Waals surface area contributed by atoms with Gasteiger partial charge >= 0.3 is 0 Å². The molecule has 6 heteroatoms. The van der Waals surface area contributed by atoms with Gasteiger partial charge in [-0.2, -0.15) is 0 Å². The summed E-state index contributed by atoms with van der Waals surface area (Å²) >= 11 is 0. The molecule has 0 unspecified atom stereocenters. The molecule has 1 aliphatic carbocycles. The molecule has 2 rings (SSSR count). The Kier molecular flexibility index (Phi) is 6.92. The van der Waals surface area contributed by atoms with Gasteiger partial charge in [0.25, 0.3) is 0 Å². The highest BCUT2D eigenvalue weighted by atomic mass is 16.5. The predicted molar refractivity (Wildman–Crippen MR) is 89.4 cm³/mol. The third kappa shape index (κ3) is 6.10. The first-order chi connectivity index (χ1) is 10.6. The average Bonchev–Trinajstić information content (AvgIpc) is 3.35. The Balaban J connectivity index is 1.61. The van der Waals surface area contributed by atoms with Gasteiger partial charge in [-0.05, 0) is 32.6 Å². The molecular formula is C16H32N4O2. The SMILES string of the molecule is CN=C(NCCOCC1CC1)NCC(C)(C)N1CCOCC1. The lowest BCUT2D eigenvalue weighted by atomic mass is 10.0. The van der Waals surface area contributed by atoms with E-state index in [0.717, 1.165) is 64.5 Å². The fourth-order valence-corrected chi connectivity index (χ4v) is 2.58. The van der Waals surface area contributed by atoms with Gasteiger partial charge in [0, 0.05) is 45.4 Å². The zero-order valence-electron chi connectivity index (χ0n) is 14.4. The van der Waals surface area contributed by atoms with Gasteiger partial charge in [0.15, 0.2) is 5.96 Å². The van der Waals surface area contributed by atoms with Crippen molar-refractivity contribution in [1.29, 1.82) is 0 Å². The summed E-state index contributed by atoms with van der Waals surface area (Å²) in [7, 11) is 1.81. The molecule has 0 amide bonds. The van der Waals surface area contributed by atoms with Gasteiger partial charge in [0.1, 0.15) is 0 Å². The topological polar surface area (TPSA) is 58.1 Å². The van der Waals surface area contributed by atoms with E-state index >= 15 is 0 Å². The second-order valence-corrected chi connectivity index (χ2v) is 6.78. The molecule has 2 fully saturated rings. The number of guanidine groups is 1. The van der Waals surface area contributed by atoms with Crippen LogP contribution < -0.4 is 10.6 Å². The van der Waals surface area contributed by atoms with Crippen LogP contribution in [0.4, 0.5) is 0 Å². The molecule has 0 atom stereocenters. The van der Waals surface area contributed by atoms with Crippen molar-refractivity contribution in [3.63, 3.8) is 0 Å². The fourth-order valence-electron chi connectivity index (χ4n) is 2.58. The number of nitrogens with zero attached hydrogens (tertiary/aromatic N) is 2. The Bertz CT molecular complexity index is 350. The van der Waals surface area contributed by atoms with Crippen molar-refractivity contribution in [2.45, 2.75) is 32.2 Å². The first kappa shape index (κ1) is 17.5. The van der Waals surface area contributed by atoms with Crippen molar-refractivity contribution in [3.05, 3.63) is 0 Å². The van der Waals surface area contributed by atoms with Crippen molar-refractivity contribution >= 4 is 5.96 Å².